The molecule has 0 saturated heterocycles. The van der Waals surface area contributed by atoms with Crippen molar-refractivity contribution in [3.8, 4) is 0 Å². The quantitative estimate of drug-likeness (QED) is 0.547. The van der Waals surface area contributed by atoms with E-state index < -0.39 is 0 Å². The summed E-state index contributed by atoms with van der Waals surface area (Å²) >= 11 is 0. The van der Waals surface area contributed by atoms with Gasteiger partial charge in [-0.05, 0) is 0 Å². The molecule has 0 aliphatic carbocycles. The van der Waals surface area contributed by atoms with Gasteiger partial charge in [-0.15, -0.1) is 0 Å². The first kappa shape index (κ1) is 27.9. The second-order valence-corrected chi connectivity index (χ2v) is 7.94. The van der Waals surface area contributed by atoms with E-state index in [2.05, 4.69) is 85.0 Å². The molecular weight excluding hydrogens is 293 g/mol. The van der Waals surface area contributed by atoms with E-state index in [4.69, 9.17) is 0 Å². The zero-order chi connectivity index (χ0) is 13.8. The zero-order valence-electron chi connectivity index (χ0n) is 14.6. The maximum absolute atomic E-state index is 2.31. The summed E-state index contributed by atoms with van der Waals surface area (Å²) in [5, 5.41) is 1.52. The molecule has 1 aromatic rings. The average Bonchev–Trinajstić information content (AvgIpc) is 2.17. The van der Waals surface area contributed by atoms with Crippen molar-refractivity contribution in [2.45, 2.75) is 54.6 Å². The summed E-state index contributed by atoms with van der Waals surface area (Å²) in [6.07, 6.45) is 0. The fourth-order valence-electron chi connectivity index (χ4n) is 0.771. The molecule has 0 bridgehead atoms. The van der Waals surface area contributed by atoms with Crippen LogP contribution in [0.2, 0.25) is 13.1 Å². The second kappa shape index (κ2) is 18.7. The van der Waals surface area contributed by atoms with Crippen LogP contribution in [0.15, 0.2) is 30.3 Å². The van der Waals surface area contributed by atoms with Gasteiger partial charge < -0.3 is 11.8 Å². The Hall–Kier alpha value is 0.658. The van der Waals surface area contributed by atoms with Crippen LogP contribution in [0.4, 0.5) is 0 Å². The van der Waals surface area contributed by atoms with Gasteiger partial charge >= 0.3 is 18.9 Å². The molecule has 0 aliphatic rings. The van der Waals surface area contributed by atoms with E-state index in [1.54, 1.807) is 0 Å². The molecule has 0 aromatic heterocycles. The molecule has 0 N–H and O–H groups in total. The first-order valence-electron chi connectivity index (χ1n) is 6.16. The molecule has 0 nitrogen and oxygen atoms in total. The Morgan fingerprint density at radius 2 is 1.00 bits per heavy atom. The monoisotopic (exact) mass is 320 g/mol. The molecule has 0 unspecified atom stereocenters. The third kappa shape index (κ3) is 32.3. The van der Waals surface area contributed by atoms with Gasteiger partial charge in [0.15, 0.2) is 0 Å². The third-order valence-electron chi connectivity index (χ3n) is 1.35. The third-order valence-corrected chi connectivity index (χ3v) is 2.84. The normalized spacial score (nSPS) is 8.58. The number of benzene rings is 1. The van der Waals surface area contributed by atoms with Crippen molar-refractivity contribution in [1.82, 2.24) is 0 Å². The van der Waals surface area contributed by atoms with Crippen molar-refractivity contribution in [3.05, 3.63) is 42.2 Å². The minimum absolute atomic E-state index is 0. The Balaban J connectivity index is -0.0000000975. The minimum atomic E-state index is -0.212. The second-order valence-electron chi connectivity index (χ2n) is 5.37. The van der Waals surface area contributed by atoms with Gasteiger partial charge in [-0.25, -0.2) is 0 Å². The first-order valence-corrected chi connectivity index (χ1v) is 8.66. The summed E-state index contributed by atoms with van der Waals surface area (Å²) in [5.74, 6) is 2.83. The van der Waals surface area contributed by atoms with E-state index in [1.165, 1.54) is 17.0 Å². The average molecular weight is 322 g/mol. The van der Waals surface area contributed by atoms with E-state index in [9.17, 15) is 0 Å². The predicted molar refractivity (Wildman–Crippen MR) is 84.1 cm³/mol. The van der Waals surface area contributed by atoms with Crippen LogP contribution in [0, 0.1) is 11.8 Å². The molecule has 1 aromatic carbocycles. The number of hydrogen-bond donors (Lipinski definition) is 0. The van der Waals surface area contributed by atoms with Gasteiger partial charge in [0, 0.05) is 19.5 Å². The summed E-state index contributed by atoms with van der Waals surface area (Å²) in [6, 6.07) is 10.7. The van der Waals surface area contributed by atoms with Crippen molar-refractivity contribution < 1.29 is 38.3 Å². The summed E-state index contributed by atoms with van der Waals surface area (Å²) in [7, 11) is -0.212. The Labute approximate surface area is 148 Å². The van der Waals surface area contributed by atoms with Gasteiger partial charge in [0.1, 0.15) is 0 Å². The van der Waals surface area contributed by atoms with E-state index in [1.807, 2.05) is 0 Å². The van der Waals surface area contributed by atoms with Gasteiger partial charge in [-0.2, -0.15) is 41.5 Å². The molecule has 0 amide bonds. The van der Waals surface area contributed by atoms with E-state index >= 15 is 0 Å². The molecule has 0 atom stereocenters. The van der Waals surface area contributed by atoms with E-state index in [0.29, 0.717) is 0 Å². The molecule has 1 radical (unpaired) electrons. The standard InChI is InChI=1S/C8H11Si.2C4H9.Li.Zn/c1-9(2)8-6-4-3-5-7-8;2*1-4(2)3;;/h3-7H,1-2H3;2*1-3H3;;/q;2*-1;+1;. The molecule has 101 valence electrons. The van der Waals surface area contributed by atoms with Crippen LogP contribution in [0.3, 0.4) is 0 Å². The van der Waals surface area contributed by atoms with Crippen molar-refractivity contribution in [2.24, 2.45) is 0 Å². The fraction of sp³-hybridized carbons (Fsp3) is 0.500. The van der Waals surface area contributed by atoms with Crippen LogP contribution in [0.5, 0.6) is 0 Å². The van der Waals surface area contributed by atoms with Crippen molar-refractivity contribution in [1.29, 1.82) is 0 Å². The predicted octanol–water partition coefficient (Wildman–Crippen LogP) is 1.89. The fourth-order valence-corrected chi connectivity index (χ4v) is 1.63. The largest absolute Gasteiger partial charge is 1.00 e. The summed E-state index contributed by atoms with van der Waals surface area (Å²) in [5.41, 5.74) is 0. The Bertz CT molecular complexity index is 237. The van der Waals surface area contributed by atoms with E-state index in [0.717, 1.165) is 0 Å². The van der Waals surface area contributed by atoms with Crippen molar-refractivity contribution in [3.63, 3.8) is 0 Å². The molecule has 0 aliphatic heterocycles. The van der Waals surface area contributed by atoms with Gasteiger partial charge in [-0.1, -0.05) is 48.6 Å². The van der Waals surface area contributed by atoms with Crippen LogP contribution in [0.1, 0.15) is 41.5 Å². The SMILES string of the molecule is C[C-](C)C.C[C-](C)C.C[Si](C)c1ccccc1.[Li+].[Zn]. The molecular formula is C16H29LiSiZn-. The summed E-state index contributed by atoms with van der Waals surface area (Å²) in [6.45, 7) is 17.1. The van der Waals surface area contributed by atoms with Gasteiger partial charge in [0.2, 0.25) is 0 Å². The van der Waals surface area contributed by atoms with Gasteiger partial charge in [-0.3, -0.25) is 0 Å². The van der Waals surface area contributed by atoms with Crippen LogP contribution >= 0.6 is 0 Å². The maximum Gasteiger partial charge on any atom is 1.00 e. The number of rotatable bonds is 1. The van der Waals surface area contributed by atoms with Crippen LogP contribution in [0.25, 0.3) is 0 Å². The summed E-state index contributed by atoms with van der Waals surface area (Å²) in [4.78, 5) is 0. The Kier molecular flexibility index (Phi) is 27.4. The van der Waals surface area contributed by atoms with Crippen LogP contribution < -0.4 is 24.0 Å². The molecule has 0 saturated carbocycles. The molecule has 0 heterocycles. The van der Waals surface area contributed by atoms with Gasteiger partial charge in [0.05, 0.1) is 8.80 Å². The van der Waals surface area contributed by atoms with Crippen molar-refractivity contribution in [2.75, 3.05) is 0 Å². The molecule has 3 heteroatoms. The Morgan fingerprint density at radius 3 is 1.16 bits per heavy atom. The molecule has 0 fully saturated rings. The van der Waals surface area contributed by atoms with Crippen LogP contribution in [-0.4, -0.2) is 8.80 Å². The first-order chi connectivity index (χ1) is 7.77. The van der Waals surface area contributed by atoms with Gasteiger partial charge in [0.25, 0.3) is 0 Å². The minimum Gasteiger partial charge on any atom is -0.323 e. The zero-order valence-corrected chi connectivity index (χ0v) is 18.6. The Morgan fingerprint density at radius 1 is 0.737 bits per heavy atom. The number of hydrogen-bond acceptors (Lipinski definition) is 0. The molecule has 1 rings (SSSR count). The van der Waals surface area contributed by atoms with E-state index in [-0.39, 0.29) is 47.1 Å². The molecule has 0 spiro atoms. The van der Waals surface area contributed by atoms with Crippen LogP contribution in [-0.2, 0) is 19.5 Å². The maximum atomic E-state index is 2.31. The smallest absolute Gasteiger partial charge is 0.323 e. The van der Waals surface area contributed by atoms with Crippen molar-refractivity contribution >= 4 is 14.0 Å². The summed E-state index contributed by atoms with van der Waals surface area (Å²) < 4.78 is 0. The topological polar surface area (TPSA) is 0 Å². The molecule has 19 heavy (non-hydrogen) atoms.